The summed E-state index contributed by atoms with van der Waals surface area (Å²) >= 11 is 0. The van der Waals surface area contributed by atoms with Crippen molar-refractivity contribution in [3.05, 3.63) is 29.8 Å². The zero-order chi connectivity index (χ0) is 19.7. The van der Waals surface area contributed by atoms with Gasteiger partial charge in [-0.2, -0.15) is 13.2 Å². The average Bonchev–Trinajstić information content (AvgIpc) is 3.41. The lowest BCUT2D eigenvalue weighted by Crippen LogP contribution is -2.47. The predicted octanol–water partition coefficient (Wildman–Crippen LogP) is 2.19. The zero-order valence-corrected chi connectivity index (χ0v) is 15.4. The molecule has 0 spiro atoms. The molecule has 1 amide bonds. The van der Waals surface area contributed by atoms with Crippen LogP contribution >= 0.6 is 0 Å². The van der Waals surface area contributed by atoms with E-state index in [0.717, 1.165) is 12.1 Å². The first-order valence-electron chi connectivity index (χ1n) is 8.84. The number of nitrogens with one attached hydrogen (secondary N) is 2. The van der Waals surface area contributed by atoms with Crippen LogP contribution < -0.4 is 10.0 Å². The standard InChI is InChI=1S/C17H22F3N3O3S/c18-17(19,20)12-2-1-3-14(10-12)21-16(24)11-23-8-6-13(7-9-23)22-27(25,26)15-4-5-15/h1-3,10,13,15,22H,4-9,11H2,(H,21,24). The van der Waals surface area contributed by atoms with E-state index in [1.54, 1.807) is 0 Å². The molecular formula is C17H22F3N3O3S. The van der Waals surface area contributed by atoms with Crippen molar-refractivity contribution in [3.8, 4) is 0 Å². The van der Waals surface area contributed by atoms with Gasteiger partial charge in [-0.15, -0.1) is 0 Å². The first-order chi connectivity index (χ1) is 12.6. The van der Waals surface area contributed by atoms with Gasteiger partial charge in [-0.05, 0) is 43.9 Å². The number of benzene rings is 1. The number of hydrogen-bond donors (Lipinski definition) is 2. The molecule has 27 heavy (non-hydrogen) atoms. The average molecular weight is 405 g/mol. The summed E-state index contributed by atoms with van der Waals surface area (Å²) in [6.45, 7) is 1.15. The maximum absolute atomic E-state index is 12.7. The molecule has 0 atom stereocenters. The number of amides is 1. The van der Waals surface area contributed by atoms with E-state index in [1.165, 1.54) is 12.1 Å². The smallest absolute Gasteiger partial charge is 0.325 e. The van der Waals surface area contributed by atoms with Crippen molar-refractivity contribution < 1.29 is 26.4 Å². The molecule has 0 unspecified atom stereocenters. The number of carbonyl (C=O) groups is 1. The number of sulfonamides is 1. The van der Waals surface area contributed by atoms with Gasteiger partial charge in [0.1, 0.15) is 0 Å². The molecule has 0 aromatic heterocycles. The molecular weight excluding hydrogens is 383 g/mol. The molecule has 0 bridgehead atoms. The van der Waals surface area contributed by atoms with Crippen molar-refractivity contribution in [2.24, 2.45) is 0 Å². The van der Waals surface area contributed by atoms with E-state index in [2.05, 4.69) is 10.0 Å². The normalized spacial score (nSPS) is 19.8. The van der Waals surface area contributed by atoms with Crippen LogP contribution in [0.5, 0.6) is 0 Å². The molecule has 2 N–H and O–H groups in total. The molecule has 150 valence electrons. The van der Waals surface area contributed by atoms with Crippen LogP contribution in [0.3, 0.4) is 0 Å². The van der Waals surface area contributed by atoms with Gasteiger partial charge < -0.3 is 5.32 Å². The molecule has 10 heteroatoms. The van der Waals surface area contributed by atoms with Gasteiger partial charge in [-0.1, -0.05) is 6.07 Å². The summed E-state index contributed by atoms with van der Waals surface area (Å²) in [5.74, 6) is -0.397. The Kier molecular flexibility index (Phi) is 5.78. The summed E-state index contributed by atoms with van der Waals surface area (Å²) in [6, 6.07) is 4.38. The van der Waals surface area contributed by atoms with Crippen LogP contribution in [0.25, 0.3) is 0 Å². The maximum atomic E-state index is 12.7. The lowest BCUT2D eigenvalue weighted by Gasteiger charge is -2.31. The minimum absolute atomic E-state index is 0.0539. The molecule has 1 aromatic rings. The van der Waals surface area contributed by atoms with E-state index in [4.69, 9.17) is 0 Å². The van der Waals surface area contributed by atoms with Gasteiger partial charge in [0.15, 0.2) is 0 Å². The van der Waals surface area contributed by atoms with Crippen molar-refractivity contribution in [1.29, 1.82) is 0 Å². The van der Waals surface area contributed by atoms with E-state index in [9.17, 15) is 26.4 Å². The quantitative estimate of drug-likeness (QED) is 0.761. The number of piperidine rings is 1. The second kappa shape index (κ2) is 7.76. The summed E-state index contributed by atoms with van der Waals surface area (Å²) in [7, 11) is -3.22. The molecule has 1 saturated carbocycles. The molecule has 1 aliphatic heterocycles. The van der Waals surface area contributed by atoms with Crippen molar-refractivity contribution in [3.63, 3.8) is 0 Å². The van der Waals surface area contributed by atoms with E-state index in [1.807, 2.05) is 4.90 Å². The number of anilines is 1. The van der Waals surface area contributed by atoms with Gasteiger partial charge in [0.25, 0.3) is 0 Å². The highest BCUT2D eigenvalue weighted by Crippen LogP contribution is 2.31. The molecule has 0 radical (unpaired) electrons. The first-order valence-corrected chi connectivity index (χ1v) is 10.4. The summed E-state index contributed by atoms with van der Waals surface area (Å²) in [6.07, 6.45) is -1.84. The van der Waals surface area contributed by atoms with Gasteiger partial charge in [0.05, 0.1) is 17.4 Å². The van der Waals surface area contributed by atoms with E-state index in [0.29, 0.717) is 38.8 Å². The summed E-state index contributed by atoms with van der Waals surface area (Å²) in [4.78, 5) is 14.0. The largest absolute Gasteiger partial charge is 0.416 e. The highest BCUT2D eigenvalue weighted by Gasteiger charge is 2.37. The zero-order valence-electron chi connectivity index (χ0n) is 14.6. The Bertz CT molecular complexity index is 786. The Morgan fingerprint density at radius 1 is 1.15 bits per heavy atom. The van der Waals surface area contributed by atoms with Crippen LogP contribution in [-0.4, -0.2) is 50.2 Å². The number of alkyl halides is 3. The van der Waals surface area contributed by atoms with Crippen LogP contribution in [0, 0.1) is 0 Å². The number of rotatable bonds is 6. The molecule has 6 nitrogen and oxygen atoms in total. The van der Waals surface area contributed by atoms with Crippen LogP contribution in [0.1, 0.15) is 31.2 Å². The molecule has 1 saturated heterocycles. The Morgan fingerprint density at radius 2 is 1.81 bits per heavy atom. The van der Waals surface area contributed by atoms with Crippen molar-refractivity contribution >= 4 is 21.6 Å². The fraction of sp³-hybridized carbons (Fsp3) is 0.588. The number of halogens is 3. The molecule has 2 aliphatic rings. The highest BCUT2D eigenvalue weighted by atomic mass is 32.2. The second-order valence-electron chi connectivity index (χ2n) is 7.04. The SMILES string of the molecule is O=C(CN1CCC(NS(=O)(=O)C2CC2)CC1)Nc1cccc(C(F)(F)F)c1. The van der Waals surface area contributed by atoms with Gasteiger partial charge in [0, 0.05) is 24.8 Å². The minimum Gasteiger partial charge on any atom is -0.325 e. The molecule has 1 aromatic carbocycles. The van der Waals surface area contributed by atoms with Crippen molar-refractivity contribution in [2.45, 2.75) is 43.2 Å². The second-order valence-corrected chi connectivity index (χ2v) is 9.03. The van der Waals surface area contributed by atoms with Gasteiger partial charge in [-0.3, -0.25) is 9.69 Å². The predicted molar refractivity (Wildman–Crippen MR) is 94.6 cm³/mol. The maximum Gasteiger partial charge on any atom is 0.416 e. The lowest BCUT2D eigenvalue weighted by molar-refractivity contribution is -0.137. The summed E-state index contributed by atoms with van der Waals surface area (Å²) < 4.78 is 64.8. The Labute approximate surface area is 156 Å². The number of likely N-dealkylation sites (tertiary alicyclic amines) is 1. The Morgan fingerprint density at radius 3 is 2.41 bits per heavy atom. The van der Waals surface area contributed by atoms with Crippen LogP contribution in [-0.2, 0) is 21.0 Å². The van der Waals surface area contributed by atoms with E-state index in [-0.39, 0.29) is 23.5 Å². The summed E-state index contributed by atoms with van der Waals surface area (Å²) in [5, 5.41) is 2.23. The molecule has 1 heterocycles. The van der Waals surface area contributed by atoms with E-state index >= 15 is 0 Å². The van der Waals surface area contributed by atoms with Crippen LogP contribution in [0.4, 0.5) is 18.9 Å². The fourth-order valence-electron chi connectivity index (χ4n) is 3.09. The third-order valence-corrected chi connectivity index (χ3v) is 6.73. The van der Waals surface area contributed by atoms with E-state index < -0.39 is 27.7 Å². The van der Waals surface area contributed by atoms with Gasteiger partial charge in [-0.25, -0.2) is 13.1 Å². The monoisotopic (exact) mass is 405 g/mol. The first kappa shape index (κ1) is 20.1. The Balaban J connectivity index is 1.46. The van der Waals surface area contributed by atoms with Crippen LogP contribution in [0.15, 0.2) is 24.3 Å². The van der Waals surface area contributed by atoms with Crippen molar-refractivity contribution in [1.82, 2.24) is 9.62 Å². The molecule has 1 aliphatic carbocycles. The fourth-order valence-corrected chi connectivity index (χ4v) is 4.74. The lowest BCUT2D eigenvalue weighted by atomic mass is 10.1. The van der Waals surface area contributed by atoms with Gasteiger partial charge in [0.2, 0.25) is 15.9 Å². The minimum atomic E-state index is -4.46. The number of carbonyl (C=O) groups excluding carboxylic acids is 1. The number of nitrogens with zero attached hydrogens (tertiary/aromatic N) is 1. The third-order valence-electron chi connectivity index (χ3n) is 4.72. The molecule has 2 fully saturated rings. The third kappa shape index (κ3) is 5.66. The Hall–Kier alpha value is -1.65. The van der Waals surface area contributed by atoms with Crippen molar-refractivity contribution in [2.75, 3.05) is 25.0 Å². The number of hydrogen-bond acceptors (Lipinski definition) is 4. The van der Waals surface area contributed by atoms with Gasteiger partial charge >= 0.3 is 6.18 Å². The van der Waals surface area contributed by atoms with Crippen LogP contribution in [0.2, 0.25) is 0 Å². The highest BCUT2D eigenvalue weighted by molar-refractivity contribution is 7.90. The topological polar surface area (TPSA) is 78.5 Å². The summed E-state index contributed by atoms with van der Waals surface area (Å²) in [5.41, 5.74) is -0.717. The molecule has 3 rings (SSSR count).